The molecule has 2 fully saturated rings. The minimum absolute atomic E-state index is 0. The predicted molar refractivity (Wildman–Crippen MR) is 98.6 cm³/mol. The number of halogens is 1. The van der Waals surface area contributed by atoms with E-state index in [4.69, 9.17) is 5.73 Å². The highest BCUT2D eigenvalue weighted by atomic mass is 35.5. The Bertz CT molecular complexity index is 580. The van der Waals surface area contributed by atoms with E-state index in [1.165, 1.54) is 11.3 Å². The summed E-state index contributed by atoms with van der Waals surface area (Å²) in [6, 6.07) is 3.41. The van der Waals surface area contributed by atoms with Gasteiger partial charge in [0, 0.05) is 19.6 Å². The van der Waals surface area contributed by atoms with Crippen LogP contribution in [0.1, 0.15) is 42.3 Å². The third-order valence-electron chi connectivity index (χ3n) is 5.14. The lowest BCUT2D eigenvalue weighted by molar-refractivity contribution is -0.136. The Labute approximate surface area is 153 Å². The first-order valence-corrected chi connectivity index (χ1v) is 9.25. The molecular formula is C17H26ClN3O2S. The van der Waals surface area contributed by atoms with Crippen molar-refractivity contribution in [3.63, 3.8) is 0 Å². The Hall–Kier alpha value is -1.11. The molecule has 3 heterocycles. The van der Waals surface area contributed by atoms with E-state index in [1.807, 2.05) is 22.4 Å². The highest BCUT2D eigenvalue weighted by Gasteiger charge is 2.40. The molecule has 1 aromatic heterocycles. The van der Waals surface area contributed by atoms with Gasteiger partial charge in [-0.25, -0.2) is 0 Å². The number of thiophene rings is 1. The van der Waals surface area contributed by atoms with Crippen molar-refractivity contribution in [2.75, 3.05) is 26.2 Å². The molecule has 24 heavy (non-hydrogen) atoms. The van der Waals surface area contributed by atoms with E-state index >= 15 is 0 Å². The number of nitrogens with zero attached hydrogens (tertiary/aromatic N) is 2. The minimum atomic E-state index is -0.307. The topological polar surface area (TPSA) is 66.6 Å². The van der Waals surface area contributed by atoms with E-state index in [2.05, 4.69) is 6.92 Å². The first-order valence-electron chi connectivity index (χ1n) is 8.37. The third kappa shape index (κ3) is 3.76. The second-order valence-corrected chi connectivity index (χ2v) is 7.96. The van der Waals surface area contributed by atoms with Gasteiger partial charge in [-0.05, 0) is 49.1 Å². The van der Waals surface area contributed by atoms with Crippen LogP contribution in [-0.4, -0.2) is 53.8 Å². The van der Waals surface area contributed by atoms with E-state index < -0.39 is 0 Å². The molecule has 5 nitrogen and oxygen atoms in total. The van der Waals surface area contributed by atoms with Crippen LogP contribution in [0.3, 0.4) is 0 Å². The molecule has 3 rings (SSSR count). The van der Waals surface area contributed by atoms with Crippen LogP contribution in [0.25, 0.3) is 0 Å². The van der Waals surface area contributed by atoms with Crippen molar-refractivity contribution in [1.82, 2.24) is 9.80 Å². The summed E-state index contributed by atoms with van der Waals surface area (Å²) in [6.45, 7) is 4.87. The van der Waals surface area contributed by atoms with E-state index in [9.17, 15) is 9.59 Å². The summed E-state index contributed by atoms with van der Waals surface area (Å²) in [4.78, 5) is 30.1. The van der Waals surface area contributed by atoms with Gasteiger partial charge in [0.05, 0.1) is 4.88 Å². The summed E-state index contributed by atoms with van der Waals surface area (Å²) < 4.78 is 0. The Morgan fingerprint density at radius 2 is 2.17 bits per heavy atom. The van der Waals surface area contributed by atoms with Gasteiger partial charge >= 0.3 is 0 Å². The van der Waals surface area contributed by atoms with Gasteiger partial charge in [0.15, 0.2) is 0 Å². The Morgan fingerprint density at radius 3 is 2.79 bits per heavy atom. The van der Waals surface area contributed by atoms with Gasteiger partial charge in [0.25, 0.3) is 5.91 Å². The Balaban J connectivity index is 0.00000208. The first-order chi connectivity index (χ1) is 11.0. The van der Waals surface area contributed by atoms with Gasteiger partial charge in [-0.1, -0.05) is 13.0 Å². The average Bonchev–Trinajstić information content (AvgIpc) is 3.24. The molecule has 0 aliphatic carbocycles. The van der Waals surface area contributed by atoms with Crippen LogP contribution in [0, 0.1) is 5.41 Å². The van der Waals surface area contributed by atoms with Crippen LogP contribution in [-0.2, 0) is 4.79 Å². The number of rotatable bonds is 3. The number of nitrogens with two attached hydrogens (primary N) is 1. The fraction of sp³-hybridized carbons (Fsp3) is 0.647. The van der Waals surface area contributed by atoms with Crippen molar-refractivity contribution in [2.45, 2.75) is 38.6 Å². The fourth-order valence-electron chi connectivity index (χ4n) is 3.56. The summed E-state index contributed by atoms with van der Waals surface area (Å²) in [5.41, 5.74) is 5.87. The molecule has 0 spiro atoms. The van der Waals surface area contributed by atoms with Gasteiger partial charge < -0.3 is 15.5 Å². The lowest BCUT2D eigenvalue weighted by atomic mass is 9.90. The molecule has 134 valence electrons. The van der Waals surface area contributed by atoms with Crippen molar-refractivity contribution >= 4 is 35.6 Å². The zero-order valence-corrected chi connectivity index (χ0v) is 15.7. The normalized spacial score (nSPS) is 27.0. The molecule has 2 amide bonds. The SMILES string of the molecule is CC1(CN)CCN(C(=O)C2CCCCN2C(=O)c2cccs2)C1.Cl. The number of hydrogen-bond acceptors (Lipinski definition) is 4. The highest BCUT2D eigenvalue weighted by Crippen LogP contribution is 2.31. The first kappa shape index (κ1) is 19.2. The quantitative estimate of drug-likeness (QED) is 0.886. The van der Waals surface area contributed by atoms with E-state index in [0.717, 1.165) is 37.1 Å². The molecule has 2 atom stereocenters. The largest absolute Gasteiger partial charge is 0.340 e. The zero-order chi connectivity index (χ0) is 16.4. The molecular weight excluding hydrogens is 346 g/mol. The summed E-state index contributed by atoms with van der Waals surface area (Å²) in [6.07, 6.45) is 3.70. The molecule has 0 saturated carbocycles. The maximum Gasteiger partial charge on any atom is 0.264 e. The van der Waals surface area contributed by atoms with Crippen molar-refractivity contribution in [3.8, 4) is 0 Å². The van der Waals surface area contributed by atoms with E-state index in [1.54, 1.807) is 4.90 Å². The van der Waals surface area contributed by atoms with E-state index in [0.29, 0.717) is 19.6 Å². The van der Waals surface area contributed by atoms with Crippen LogP contribution >= 0.6 is 23.7 Å². The number of hydrogen-bond donors (Lipinski definition) is 1. The minimum Gasteiger partial charge on any atom is -0.340 e. The van der Waals surface area contributed by atoms with Gasteiger partial charge in [0.2, 0.25) is 5.91 Å². The molecule has 2 aliphatic rings. The number of carbonyl (C=O) groups is 2. The van der Waals surface area contributed by atoms with Crippen molar-refractivity contribution in [3.05, 3.63) is 22.4 Å². The number of carbonyl (C=O) groups excluding carboxylic acids is 2. The van der Waals surface area contributed by atoms with E-state index in [-0.39, 0.29) is 35.7 Å². The van der Waals surface area contributed by atoms with Crippen molar-refractivity contribution < 1.29 is 9.59 Å². The summed E-state index contributed by atoms with van der Waals surface area (Å²) in [7, 11) is 0. The van der Waals surface area contributed by atoms with Gasteiger partial charge in [0.1, 0.15) is 6.04 Å². The Morgan fingerprint density at radius 1 is 1.38 bits per heavy atom. The van der Waals surface area contributed by atoms with Crippen LogP contribution in [0.15, 0.2) is 17.5 Å². The van der Waals surface area contributed by atoms with Crippen LogP contribution in [0.4, 0.5) is 0 Å². The second-order valence-electron chi connectivity index (χ2n) is 7.01. The zero-order valence-electron chi connectivity index (χ0n) is 14.1. The number of piperidine rings is 1. The molecule has 2 saturated heterocycles. The molecule has 0 bridgehead atoms. The van der Waals surface area contributed by atoms with Crippen molar-refractivity contribution in [2.24, 2.45) is 11.1 Å². The summed E-state index contributed by atoms with van der Waals surface area (Å²) in [5.74, 6) is 0.102. The Kier molecular flexibility index (Phi) is 6.28. The third-order valence-corrected chi connectivity index (χ3v) is 6.00. The molecule has 2 unspecified atom stereocenters. The summed E-state index contributed by atoms with van der Waals surface area (Å²) in [5, 5.41) is 1.90. The molecule has 7 heteroatoms. The molecule has 2 aliphatic heterocycles. The maximum atomic E-state index is 13.0. The molecule has 1 aromatic rings. The monoisotopic (exact) mass is 371 g/mol. The lowest BCUT2D eigenvalue weighted by Crippen LogP contribution is -2.52. The van der Waals surface area contributed by atoms with Crippen LogP contribution in [0.5, 0.6) is 0 Å². The second kappa shape index (κ2) is 7.85. The van der Waals surface area contributed by atoms with Gasteiger partial charge in [-0.15, -0.1) is 23.7 Å². The average molecular weight is 372 g/mol. The highest BCUT2D eigenvalue weighted by molar-refractivity contribution is 7.12. The fourth-order valence-corrected chi connectivity index (χ4v) is 4.24. The lowest BCUT2D eigenvalue weighted by Gasteiger charge is -2.37. The standard InChI is InChI=1S/C17H25N3O2S.ClH/c1-17(11-18)7-9-19(12-17)15(21)13-5-2-3-8-20(13)16(22)14-6-4-10-23-14;/h4,6,10,13H,2-3,5,7-9,11-12,18H2,1H3;1H. The van der Waals surface area contributed by atoms with Crippen molar-refractivity contribution in [1.29, 1.82) is 0 Å². The molecule has 0 radical (unpaired) electrons. The smallest absolute Gasteiger partial charge is 0.264 e. The summed E-state index contributed by atoms with van der Waals surface area (Å²) >= 11 is 1.44. The molecule has 0 aromatic carbocycles. The molecule has 2 N–H and O–H groups in total. The van der Waals surface area contributed by atoms with Crippen LogP contribution in [0.2, 0.25) is 0 Å². The number of amides is 2. The number of likely N-dealkylation sites (tertiary alicyclic amines) is 2. The van der Waals surface area contributed by atoms with Gasteiger partial charge in [-0.3, -0.25) is 9.59 Å². The predicted octanol–water partition coefficient (Wildman–Crippen LogP) is 2.36. The van der Waals surface area contributed by atoms with Gasteiger partial charge in [-0.2, -0.15) is 0 Å². The maximum absolute atomic E-state index is 13.0. The van der Waals surface area contributed by atoms with Crippen LogP contribution < -0.4 is 5.73 Å².